The average molecular weight is 681 g/mol. The molecule has 11 heteroatoms. The Labute approximate surface area is 279 Å². The maximum absolute atomic E-state index is 14.3. The van der Waals surface area contributed by atoms with E-state index in [1.54, 1.807) is 67.6 Å². The van der Waals surface area contributed by atoms with Gasteiger partial charge in [0.15, 0.2) is 0 Å². The summed E-state index contributed by atoms with van der Waals surface area (Å²) in [6, 6.07) is 27.6. The fraction of sp³-hybridized carbons (Fsp3) is 0.257. The van der Waals surface area contributed by atoms with Crippen molar-refractivity contribution in [1.29, 1.82) is 0 Å². The zero-order valence-corrected chi connectivity index (χ0v) is 27.6. The molecule has 0 heterocycles. The summed E-state index contributed by atoms with van der Waals surface area (Å²) in [5.74, 6) is 0.181. The summed E-state index contributed by atoms with van der Waals surface area (Å²) in [5.41, 5.74) is 0.705. The van der Waals surface area contributed by atoms with Gasteiger partial charge in [-0.1, -0.05) is 78.5 Å². The molecule has 0 spiro atoms. The van der Waals surface area contributed by atoms with Gasteiger partial charge in [0.1, 0.15) is 24.1 Å². The Balaban J connectivity index is 1.48. The number of anilines is 1. The largest absolute Gasteiger partial charge is 0.457 e. The Kier molecular flexibility index (Phi) is 10.9. The Morgan fingerprint density at radius 1 is 0.826 bits per heavy atom. The quantitative estimate of drug-likeness (QED) is 0.168. The molecule has 1 aliphatic carbocycles. The van der Waals surface area contributed by atoms with Gasteiger partial charge in [-0.2, -0.15) is 0 Å². The molecule has 1 saturated carbocycles. The third-order valence-electron chi connectivity index (χ3n) is 7.97. The lowest BCUT2D eigenvalue weighted by Gasteiger charge is -2.33. The summed E-state index contributed by atoms with van der Waals surface area (Å²) in [6.07, 6.45) is 3.79. The van der Waals surface area contributed by atoms with Crippen LogP contribution in [0.25, 0.3) is 0 Å². The van der Waals surface area contributed by atoms with E-state index in [9.17, 15) is 18.0 Å². The number of nitrogens with zero attached hydrogens (tertiary/aromatic N) is 2. The standard InChI is InChI=1S/C35H35Cl2N3O5S/c1-25(35(42)38-26-11-8-9-12-26)39(23-31-32(36)17-10-18-33(31)37)34(41)24-40(46(43,44)30-15-6-3-7-16-30)27-19-21-29(22-20-27)45-28-13-4-2-5-14-28/h2-7,10,13-22,25-26H,8-9,11-12,23-24H2,1H3,(H,38,42). The zero-order valence-electron chi connectivity index (χ0n) is 25.3. The molecule has 0 aliphatic heterocycles. The van der Waals surface area contributed by atoms with Gasteiger partial charge in [-0.05, 0) is 80.4 Å². The Morgan fingerprint density at radius 3 is 2.00 bits per heavy atom. The maximum Gasteiger partial charge on any atom is 0.264 e. The Bertz CT molecular complexity index is 1730. The summed E-state index contributed by atoms with van der Waals surface area (Å²) >= 11 is 13.0. The molecular formula is C35H35Cl2N3O5S. The molecule has 0 radical (unpaired) electrons. The number of rotatable bonds is 12. The van der Waals surface area contributed by atoms with Crippen molar-refractivity contribution in [1.82, 2.24) is 10.2 Å². The van der Waals surface area contributed by atoms with Gasteiger partial charge < -0.3 is 15.0 Å². The van der Waals surface area contributed by atoms with Crippen molar-refractivity contribution < 1.29 is 22.7 Å². The lowest BCUT2D eigenvalue weighted by molar-refractivity contribution is -0.139. The first-order chi connectivity index (χ1) is 22.1. The van der Waals surface area contributed by atoms with Crippen LogP contribution in [-0.2, 0) is 26.2 Å². The zero-order chi connectivity index (χ0) is 32.7. The molecule has 5 rings (SSSR count). The molecule has 1 unspecified atom stereocenters. The topological polar surface area (TPSA) is 96.0 Å². The van der Waals surface area contributed by atoms with E-state index in [-0.39, 0.29) is 29.1 Å². The van der Waals surface area contributed by atoms with Crippen LogP contribution < -0.4 is 14.4 Å². The fourth-order valence-electron chi connectivity index (χ4n) is 5.38. The van der Waals surface area contributed by atoms with E-state index in [0.29, 0.717) is 27.1 Å². The van der Waals surface area contributed by atoms with Gasteiger partial charge in [-0.3, -0.25) is 13.9 Å². The first-order valence-corrected chi connectivity index (χ1v) is 17.3. The monoisotopic (exact) mass is 679 g/mol. The molecule has 1 aliphatic rings. The van der Waals surface area contributed by atoms with E-state index >= 15 is 0 Å². The van der Waals surface area contributed by atoms with Crippen LogP contribution in [0.4, 0.5) is 5.69 Å². The molecule has 4 aromatic carbocycles. The van der Waals surface area contributed by atoms with Crippen molar-refractivity contribution in [2.75, 3.05) is 10.8 Å². The fourth-order valence-corrected chi connectivity index (χ4v) is 7.33. The lowest BCUT2D eigenvalue weighted by Crippen LogP contribution is -2.52. The number of benzene rings is 4. The number of hydrogen-bond acceptors (Lipinski definition) is 5. The second-order valence-electron chi connectivity index (χ2n) is 11.1. The van der Waals surface area contributed by atoms with Crippen molar-refractivity contribution >= 4 is 50.7 Å². The first kappa shape index (κ1) is 33.3. The van der Waals surface area contributed by atoms with Crippen molar-refractivity contribution in [2.24, 2.45) is 0 Å². The molecule has 4 aromatic rings. The van der Waals surface area contributed by atoms with Gasteiger partial charge >= 0.3 is 0 Å². The van der Waals surface area contributed by atoms with Crippen LogP contribution in [0.2, 0.25) is 10.0 Å². The molecule has 1 fully saturated rings. The van der Waals surface area contributed by atoms with Gasteiger partial charge in [-0.25, -0.2) is 8.42 Å². The Hall–Kier alpha value is -4.05. The van der Waals surface area contributed by atoms with E-state index in [4.69, 9.17) is 27.9 Å². The van der Waals surface area contributed by atoms with E-state index in [1.807, 2.05) is 30.3 Å². The first-order valence-electron chi connectivity index (χ1n) is 15.1. The molecular weight excluding hydrogens is 645 g/mol. The van der Waals surface area contributed by atoms with Crippen LogP contribution in [0.3, 0.4) is 0 Å². The van der Waals surface area contributed by atoms with Crippen LogP contribution in [0, 0.1) is 0 Å². The lowest BCUT2D eigenvalue weighted by atomic mass is 10.1. The second kappa shape index (κ2) is 15.0. The number of carbonyl (C=O) groups is 2. The number of carbonyl (C=O) groups excluding carboxylic acids is 2. The predicted octanol–water partition coefficient (Wildman–Crippen LogP) is 7.46. The number of hydrogen-bond donors (Lipinski definition) is 1. The van der Waals surface area contributed by atoms with Gasteiger partial charge in [0, 0.05) is 28.2 Å². The van der Waals surface area contributed by atoms with Gasteiger partial charge in [0.25, 0.3) is 10.0 Å². The number of para-hydroxylation sites is 1. The SMILES string of the molecule is CC(C(=O)NC1CCCC1)N(Cc1c(Cl)cccc1Cl)C(=O)CN(c1ccc(Oc2ccccc2)cc1)S(=O)(=O)c1ccccc1. The summed E-state index contributed by atoms with van der Waals surface area (Å²) in [7, 11) is -4.22. The minimum Gasteiger partial charge on any atom is -0.457 e. The number of amides is 2. The highest BCUT2D eigenvalue weighted by atomic mass is 35.5. The van der Waals surface area contributed by atoms with E-state index in [0.717, 1.165) is 30.0 Å². The molecule has 46 heavy (non-hydrogen) atoms. The Morgan fingerprint density at radius 2 is 1.39 bits per heavy atom. The van der Waals surface area contributed by atoms with E-state index < -0.39 is 28.5 Å². The second-order valence-corrected chi connectivity index (χ2v) is 13.8. The molecule has 2 amide bonds. The van der Waals surface area contributed by atoms with Crippen LogP contribution in [0.15, 0.2) is 108 Å². The summed E-state index contributed by atoms with van der Waals surface area (Å²) < 4.78 is 35.1. The van der Waals surface area contributed by atoms with Crippen LogP contribution >= 0.6 is 23.2 Å². The average Bonchev–Trinajstić information content (AvgIpc) is 3.57. The van der Waals surface area contributed by atoms with Gasteiger partial charge in [0.2, 0.25) is 11.8 Å². The van der Waals surface area contributed by atoms with Crippen LogP contribution in [0.5, 0.6) is 11.5 Å². The molecule has 240 valence electrons. The van der Waals surface area contributed by atoms with Crippen molar-refractivity contribution in [2.45, 2.75) is 56.1 Å². The van der Waals surface area contributed by atoms with Crippen LogP contribution in [0.1, 0.15) is 38.2 Å². The minimum absolute atomic E-state index is 0.0140. The summed E-state index contributed by atoms with van der Waals surface area (Å²) in [5, 5.41) is 3.71. The smallest absolute Gasteiger partial charge is 0.264 e. The third-order valence-corrected chi connectivity index (χ3v) is 10.5. The summed E-state index contributed by atoms with van der Waals surface area (Å²) in [4.78, 5) is 29.0. The highest BCUT2D eigenvalue weighted by Crippen LogP contribution is 2.30. The molecule has 8 nitrogen and oxygen atoms in total. The highest BCUT2D eigenvalue weighted by molar-refractivity contribution is 7.92. The van der Waals surface area contributed by atoms with Crippen LogP contribution in [-0.4, -0.2) is 43.8 Å². The van der Waals surface area contributed by atoms with Gasteiger partial charge in [-0.15, -0.1) is 0 Å². The molecule has 1 N–H and O–H groups in total. The van der Waals surface area contributed by atoms with E-state index in [1.165, 1.54) is 17.0 Å². The maximum atomic E-state index is 14.3. The van der Waals surface area contributed by atoms with E-state index in [2.05, 4.69) is 5.32 Å². The normalized spacial score (nSPS) is 14.0. The van der Waals surface area contributed by atoms with Crippen molar-refractivity contribution in [3.63, 3.8) is 0 Å². The number of nitrogens with one attached hydrogen (secondary N) is 1. The number of sulfonamides is 1. The number of ether oxygens (including phenoxy) is 1. The predicted molar refractivity (Wildman–Crippen MR) is 181 cm³/mol. The summed E-state index contributed by atoms with van der Waals surface area (Å²) in [6.45, 7) is 0.942. The van der Waals surface area contributed by atoms with Gasteiger partial charge in [0.05, 0.1) is 10.6 Å². The van der Waals surface area contributed by atoms with Crippen molar-refractivity contribution in [3.8, 4) is 11.5 Å². The molecule has 0 aromatic heterocycles. The van der Waals surface area contributed by atoms with Crippen molar-refractivity contribution in [3.05, 3.63) is 119 Å². The highest BCUT2D eigenvalue weighted by Gasteiger charge is 2.34. The number of halogens is 2. The molecule has 1 atom stereocenters. The third kappa shape index (κ3) is 8.02. The minimum atomic E-state index is -4.22. The molecule has 0 saturated heterocycles. The molecule has 0 bridgehead atoms.